The molecule has 5 heterocycles. The fourth-order valence-electron chi connectivity index (χ4n) is 4.51. The van der Waals surface area contributed by atoms with E-state index in [1.165, 1.54) is 23.5 Å². The van der Waals surface area contributed by atoms with Crippen molar-refractivity contribution in [2.24, 2.45) is 0 Å². The first-order valence-corrected chi connectivity index (χ1v) is 14.4. The van der Waals surface area contributed by atoms with Gasteiger partial charge in [-0.2, -0.15) is 10.4 Å². The third kappa shape index (κ3) is 4.68. The predicted molar refractivity (Wildman–Crippen MR) is 154 cm³/mol. The van der Waals surface area contributed by atoms with Crippen molar-refractivity contribution in [3.8, 4) is 28.6 Å². The van der Waals surface area contributed by atoms with Gasteiger partial charge in [-0.3, -0.25) is 4.31 Å². The highest BCUT2D eigenvalue weighted by Gasteiger charge is 2.24. The summed E-state index contributed by atoms with van der Waals surface area (Å²) in [5, 5.41) is 15.3. The van der Waals surface area contributed by atoms with Crippen LogP contribution < -0.4 is 9.21 Å². The van der Waals surface area contributed by atoms with Crippen LogP contribution in [0.3, 0.4) is 0 Å². The summed E-state index contributed by atoms with van der Waals surface area (Å²) in [5.74, 6) is 2.26. The molecule has 0 bridgehead atoms. The molecule has 1 aliphatic heterocycles. The number of halogens is 1. The average Bonchev–Trinajstić information content (AvgIpc) is 3.73. The molecule has 0 aliphatic carbocycles. The van der Waals surface area contributed by atoms with Gasteiger partial charge >= 0.3 is 0 Å². The number of nitrogens with zero attached hydrogens (tertiary/aromatic N) is 9. The molecule has 1 aromatic carbocycles. The number of thiazole rings is 1. The van der Waals surface area contributed by atoms with E-state index in [0.717, 1.165) is 46.8 Å². The number of rotatable bonds is 7. The zero-order chi connectivity index (χ0) is 26.9. The maximum Gasteiger partial charge on any atom is 0.235 e. The largest absolute Gasteiger partial charge is 0.301 e. The second kappa shape index (κ2) is 10.6. The van der Waals surface area contributed by atoms with Gasteiger partial charge in [0.25, 0.3) is 0 Å². The van der Waals surface area contributed by atoms with E-state index in [9.17, 15) is 9.65 Å². The Balaban J connectivity index is 1.41. The van der Waals surface area contributed by atoms with E-state index >= 15 is 0 Å². The lowest BCUT2D eigenvalue weighted by molar-refractivity contribution is 0.628. The number of aromatic nitrogens is 6. The first-order chi connectivity index (χ1) is 19.1. The lowest BCUT2D eigenvalue weighted by Crippen LogP contribution is -2.20. The molecule has 1 saturated heterocycles. The molecular formula is C27H24FN9S2. The van der Waals surface area contributed by atoms with Crippen molar-refractivity contribution in [2.75, 3.05) is 28.0 Å². The molecule has 0 spiro atoms. The molecule has 0 N–H and O–H groups in total. The van der Waals surface area contributed by atoms with Gasteiger partial charge in [0.05, 0.1) is 5.69 Å². The minimum atomic E-state index is -0.335. The highest BCUT2D eigenvalue weighted by atomic mass is 32.2. The van der Waals surface area contributed by atoms with Crippen LogP contribution in [-0.2, 0) is 6.54 Å². The molecule has 1 aliphatic rings. The molecule has 4 aromatic heterocycles. The maximum atomic E-state index is 13.5. The summed E-state index contributed by atoms with van der Waals surface area (Å²) in [6.45, 7) is 6.22. The molecule has 0 radical (unpaired) electrons. The van der Waals surface area contributed by atoms with Crippen LogP contribution in [0.15, 0.2) is 48.8 Å². The van der Waals surface area contributed by atoms with E-state index in [-0.39, 0.29) is 5.82 Å². The SMILES string of the molecule is CCN(c1nc(-c2ccc(F)cc2)c(C#N)s1)c1c2nc(-c3cnc(N4CCCS4)nc3)ccc2nn1CC. The number of fused-ring (bicyclic) bond motifs is 1. The zero-order valence-electron chi connectivity index (χ0n) is 21.4. The molecule has 0 saturated carbocycles. The van der Waals surface area contributed by atoms with Crippen molar-refractivity contribution < 1.29 is 4.39 Å². The fraction of sp³-hybridized carbons (Fsp3) is 0.259. The van der Waals surface area contributed by atoms with E-state index in [0.29, 0.717) is 40.3 Å². The van der Waals surface area contributed by atoms with Gasteiger partial charge in [-0.15, -0.1) is 0 Å². The summed E-state index contributed by atoms with van der Waals surface area (Å²) >= 11 is 3.04. The second-order valence-electron chi connectivity index (χ2n) is 8.80. The molecule has 196 valence electrons. The normalized spacial score (nSPS) is 13.2. The molecule has 6 rings (SSSR count). The van der Waals surface area contributed by atoms with E-state index in [1.54, 1.807) is 24.1 Å². The molecule has 39 heavy (non-hydrogen) atoms. The van der Waals surface area contributed by atoms with Crippen LogP contribution in [0.25, 0.3) is 33.5 Å². The number of pyridine rings is 1. The minimum Gasteiger partial charge on any atom is -0.301 e. The van der Waals surface area contributed by atoms with Gasteiger partial charge in [0.2, 0.25) is 5.95 Å². The summed E-state index contributed by atoms with van der Waals surface area (Å²) in [7, 11) is 0. The Morgan fingerprint density at radius 1 is 1.05 bits per heavy atom. The lowest BCUT2D eigenvalue weighted by Gasteiger charge is -2.20. The fourth-order valence-corrected chi connectivity index (χ4v) is 6.41. The molecule has 0 atom stereocenters. The predicted octanol–water partition coefficient (Wildman–Crippen LogP) is 6.06. The molecule has 12 heteroatoms. The van der Waals surface area contributed by atoms with Crippen molar-refractivity contribution in [3.63, 3.8) is 0 Å². The van der Waals surface area contributed by atoms with E-state index in [1.807, 2.05) is 48.0 Å². The standard InChI is InChI=1S/C27H24FN9S2/c1-3-35(27-33-23(22(14-29)39-27)17-6-8-19(28)9-7-17)25-24-21(34-36(25)4-2)11-10-20(32-24)18-15-30-26(31-16-18)37-12-5-13-38-37/h6-11,15-16H,3-5,12-13H2,1-2H3. The van der Waals surface area contributed by atoms with Crippen molar-refractivity contribution in [1.82, 2.24) is 29.7 Å². The van der Waals surface area contributed by atoms with E-state index in [2.05, 4.69) is 20.3 Å². The van der Waals surface area contributed by atoms with Crippen LogP contribution in [0.5, 0.6) is 0 Å². The Morgan fingerprint density at radius 3 is 2.51 bits per heavy atom. The number of anilines is 3. The number of hydrogen-bond donors (Lipinski definition) is 0. The Bertz CT molecular complexity index is 1670. The average molecular weight is 558 g/mol. The van der Waals surface area contributed by atoms with Crippen LogP contribution in [-0.4, -0.2) is 48.6 Å². The van der Waals surface area contributed by atoms with Crippen molar-refractivity contribution in [2.45, 2.75) is 26.8 Å². The highest BCUT2D eigenvalue weighted by Crippen LogP contribution is 2.38. The van der Waals surface area contributed by atoms with Gasteiger partial charge in [0.1, 0.15) is 33.5 Å². The van der Waals surface area contributed by atoms with Crippen LogP contribution >= 0.6 is 23.3 Å². The Kier molecular flexibility index (Phi) is 6.85. The van der Waals surface area contributed by atoms with Crippen LogP contribution in [0.1, 0.15) is 25.1 Å². The van der Waals surface area contributed by atoms with Crippen LogP contribution in [0, 0.1) is 17.1 Å². The molecule has 5 aromatic rings. The molecule has 0 unspecified atom stereocenters. The van der Waals surface area contributed by atoms with Gasteiger partial charge in [0, 0.05) is 48.9 Å². The summed E-state index contributed by atoms with van der Waals surface area (Å²) in [6.07, 6.45) is 4.75. The first-order valence-electron chi connectivity index (χ1n) is 12.6. The monoisotopic (exact) mass is 557 g/mol. The summed E-state index contributed by atoms with van der Waals surface area (Å²) in [5.41, 5.74) is 4.28. The number of benzene rings is 1. The minimum absolute atomic E-state index is 0.335. The Morgan fingerprint density at radius 2 is 1.85 bits per heavy atom. The number of hydrogen-bond acceptors (Lipinski definition) is 10. The van der Waals surface area contributed by atoms with Gasteiger partial charge in [-0.25, -0.2) is 29.0 Å². The highest BCUT2D eigenvalue weighted by molar-refractivity contribution is 8.00. The van der Waals surface area contributed by atoms with E-state index in [4.69, 9.17) is 15.1 Å². The van der Waals surface area contributed by atoms with Crippen LogP contribution in [0.4, 0.5) is 21.3 Å². The molecule has 1 fully saturated rings. The molecular weight excluding hydrogens is 533 g/mol. The first kappa shape index (κ1) is 25.2. The van der Waals surface area contributed by atoms with Crippen molar-refractivity contribution >= 4 is 51.2 Å². The van der Waals surface area contributed by atoms with Crippen molar-refractivity contribution in [1.29, 1.82) is 5.26 Å². The second-order valence-corrected chi connectivity index (χ2v) is 10.9. The van der Waals surface area contributed by atoms with Gasteiger partial charge in [-0.05, 0) is 68.6 Å². The van der Waals surface area contributed by atoms with Crippen molar-refractivity contribution in [3.05, 3.63) is 59.5 Å². The quantitative estimate of drug-likeness (QED) is 0.221. The molecule has 0 amide bonds. The third-order valence-corrected chi connectivity index (χ3v) is 8.52. The van der Waals surface area contributed by atoms with Crippen LogP contribution in [0.2, 0.25) is 0 Å². The smallest absolute Gasteiger partial charge is 0.235 e. The number of aryl methyl sites for hydroxylation is 1. The van der Waals surface area contributed by atoms with Gasteiger partial charge < -0.3 is 4.90 Å². The van der Waals surface area contributed by atoms with Gasteiger partial charge in [-0.1, -0.05) is 11.3 Å². The summed E-state index contributed by atoms with van der Waals surface area (Å²) < 4.78 is 17.5. The zero-order valence-corrected chi connectivity index (χ0v) is 23.0. The van der Waals surface area contributed by atoms with Gasteiger partial charge in [0.15, 0.2) is 10.9 Å². The molecule has 9 nitrogen and oxygen atoms in total. The lowest BCUT2D eigenvalue weighted by atomic mass is 10.1. The summed E-state index contributed by atoms with van der Waals surface area (Å²) in [4.78, 5) is 21.5. The Labute approximate surface area is 233 Å². The number of nitriles is 1. The topological polar surface area (TPSA) is 99.7 Å². The summed E-state index contributed by atoms with van der Waals surface area (Å²) in [6, 6.07) is 12.2. The Hall–Kier alpha value is -4.08. The van der Waals surface area contributed by atoms with E-state index < -0.39 is 0 Å². The maximum absolute atomic E-state index is 13.5. The third-order valence-electron chi connectivity index (χ3n) is 6.41.